The monoisotopic (exact) mass is 238 g/mol. The van der Waals surface area contributed by atoms with Crippen molar-refractivity contribution in [2.24, 2.45) is 0 Å². The largest absolute Gasteiger partial charge is 0.322 e. The Kier molecular flexibility index (Phi) is 2.49. The van der Waals surface area contributed by atoms with Gasteiger partial charge in [0.1, 0.15) is 0 Å². The van der Waals surface area contributed by atoms with Gasteiger partial charge >= 0.3 is 0 Å². The van der Waals surface area contributed by atoms with Crippen molar-refractivity contribution in [2.45, 2.75) is 0 Å². The van der Waals surface area contributed by atoms with Crippen LogP contribution in [-0.4, -0.2) is 21.1 Å². The van der Waals surface area contributed by atoms with Gasteiger partial charge in [-0.15, -0.1) is 0 Å². The fourth-order valence-corrected chi connectivity index (χ4v) is 1.73. The zero-order valence-corrected chi connectivity index (χ0v) is 9.42. The summed E-state index contributed by atoms with van der Waals surface area (Å²) in [4.78, 5) is 15.8. The summed E-state index contributed by atoms with van der Waals surface area (Å²) in [7, 11) is 0. The van der Waals surface area contributed by atoms with Crippen LogP contribution in [0.5, 0.6) is 0 Å². The molecule has 2 aromatic heterocycles. The van der Waals surface area contributed by atoms with Gasteiger partial charge in [-0.25, -0.2) is 0 Å². The van der Waals surface area contributed by atoms with E-state index in [1.807, 2.05) is 18.2 Å². The Balaban J connectivity index is 1.86. The number of aromatic amines is 1. The molecule has 0 fully saturated rings. The first kappa shape index (κ1) is 10.5. The Morgan fingerprint density at radius 2 is 2.00 bits per heavy atom. The molecule has 0 aliphatic heterocycles. The molecule has 3 rings (SSSR count). The number of pyridine rings is 1. The fraction of sp³-hybridized carbons (Fsp3) is 0. The molecule has 0 aliphatic carbocycles. The summed E-state index contributed by atoms with van der Waals surface area (Å²) in [5.41, 5.74) is 2.26. The van der Waals surface area contributed by atoms with E-state index in [1.54, 1.807) is 30.7 Å². The van der Waals surface area contributed by atoms with Crippen molar-refractivity contribution < 1.29 is 4.79 Å². The van der Waals surface area contributed by atoms with Crippen molar-refractivity contribution >= 4 is 22.5 Å². The molecule has 1 aromatic carbocycles. The molecule has 5 nitrogen and oxygen atoms in total. The third-order valence-electron chi connectivity index (χ3n) is 2.64. The number of aromatic nitrogens is 3. The van der Waals surface area contributed by atoms with Crippen molar-refractivity contribution in [1.82, 2.24) is 15.2 Å². The van der Waals surface area contributed by atoms with Crippen LogP contribution < -0.4 is 5.32 Å². The first-order chi connectivity index (χ1) is 8.83. The fourth-order valence-electron chi connectivity index (χ4n) is 1.73. The molecule has 2 N–H and O–H groups in total. The Hall–Kier alpha value is -2.69. The van der Waals surface area contributed by atoms with Gasteiger partial charge in [0.2, 0.25) is 0 Å². The number of rotatable bonds is 2. The maximum Gasteiger partial charge on any atom is 0.255 e. The van der Waals surface area contributed by atoms with E-state index in [0.717, 1.165) is 16.6 Å². The van der Waals surface area contributed by atoms with Crippen molar-refractivity contribution in [3.05, 3.63) is 54.5 Å². The number of amides is 1. The van der Waals surface area contributed by atoms with Gasteiger partial charge in [-0.3, -0.25) is 14.9 Å². The average Bonchev–Trinajstić information content (AvgIpc) is 2.87. The summed E-state index contributed by atoms with van der Waals surface area (Å²) in [6, 6.07) is 8.93. The lowest BCUT2D eigenvalue weighted by Crippen LogP contribution is -2.11. The number of nitrogens with zero attached hydrogens (tertiary/aromatic N) is 2. The molecule has 5 heteroatoms. The van der Waals surface area contributed by atoms with Crippen molar-refractivity contribution in [3.8, 4) is 0 Å². The molecule has 1 amide bonds. The quantitative estimate of drug-likeness (QED) is 0.719. The van der Waals surface area contributed by atoms with E-state index in [0.29, 0.717) is 5.56 Å². The first-order valence-corrected chi connectivity index (χ1v) is 5.47. The zero-order chi connectivity index (χ0) is 12.4. The minimum Gasteiger partial charge on any atom is -0.322 e. The van der Waals surface area contributed by atoms with Crippen LogP contribution in [0.3, 0.4) is 0 Å². The highest BCUT2D eigenvalue weighted by Crippen LogP contribution is 2.17. The van der Waals surface area contributed by atoms with Gasteiger partial charge in [-0.05, 0) is 30.3 Å². The molecule has 88 valence electrons. The average molecular weight is 238 g/mol. The topological polar surface area (TPSA) is 70.7 Å². The lowest BCUT2D eigenvalue weighted by atomic mass is 10.2. The Bertz CT molecular complexity index is 690. The van der Waals surface area contributed by atoms with E-state index in [4.69, 9.17) is 0 Å². The third kappa shape index (κ3) is 1.93. The Morgan fingerprint density at radius 1 is 1.17 bits per heavy atom. The van der Waals surface area contributed by atoms with E-state index in [1.165, 1.54) is 0 Å². The number of hydrogen-bond donors (Lipinski definition) is 2. The summed E-state index contributed by atoms with van der Waals surface area (Å²) in [6.07, 6.45) is 4.90. The molecular weight excluding hydrogens is 228 g/mol. The van der Waals surface area contributed by atoms with Crippen LogP contribution in [-0.2, 0) is 0 Å². The molecule has 2 heterocycles. The number of hydrogen-bond acceptors (Lipinski definition) is 3. The van der Waals surface area contributed by atoms with Gasteiger partial charge in [0.15, 0.2) is 0 Å². The molecule has 18 heavy (non-hydrogen) atoms. The normalized spacial score (nSPS) is 10.4. The van der Waals surface area contributed by atoms with Gasteiger partial charge in [0.05, 0.1) is 11.7 Å². The number of nitrogens with one attached hydrogen (secondary N) is 2. The smallest absolute Gasteiger partial charge is 0.255 e. The third-order valence-corrected chi connectivity index (χ3v) is 2.64. The number of fused-ring (bicyclic) bond motifs is 1. The maximum absolute atomic E-state index is 11.9. The summed E-state index contributed by atoms with van der Waals surface area (Å²) in [5.74, 6) is -0.153. The van der Waals surface area contributed by atoms with E-state index in [-0.39, 0.29) is 5.91 Å². The zero-order valence-electron chi connectivity index (χ0n) is 9.42. The molecule has 0 bridgehead atoms. The molecule has 0 radical (unpaired) electrons. The van der Waals surface area contributed by atoms with E-state index >= 15 is 0 Å². The first-order valence-electron chi connectivity index (χ1n) is 5.47. The number of carbonyl (C=O) groups excluding carboxylic acids is 1. The number of benzene rings is 1. The highest BCUT2D eigenvalue weighted by molar-refractivity contribution is 6.04. The van der Waals surface area contributed by atoms with Crippen LogP contribution >= 0.6 is 0 Å². The van der Waals surface area contributed by atoms with Crippen molar-refractivity contribution in [2.75, 3.05) is 5.32 Å². The molecule has 0 spiro atoms. The van der Waals surface area contributed by atoms with Crippen LogP contribution in [0.1, 0.15) is 10.4 Å². The number of H-pyrrole nitrogens is 1. The SMILES string of the molecule is O=C(Nc1ccc2[nH]ncc2c1)c1ccncc1. The van der Waals surface area contributed by atoms with Gasteiger partial charge in [0, 0.05) is 29.0 Å². The summed E-state index contributed by atoms with van der Waals surface area (Å²) in [6.45, 7) is 0. The van der Waals surface area contributed by atoms with Crippen molar-refractivity contribution in [1.29, 1.82) is 0 Å². The predicted octanol–water partition coefficient (Wildman–Crippen LogP) is 2.21. The minimum atomic E-state index is -0.153. The van der Waals surface area contributed by atoms with E-state index < -0.39 is 0 Å². The summed E-state index contributed by atoms with van der Waals surface area (Å²) < 4.78 is 0. The lowest BCUT2D eigenvalue weighted by Gasteiger charge is -2.04. The van der Waals surface area contributed by atoms with Gasteiger partial charge in [0.25, 0.3) is 5.91 Å². The lowest BCUT2D eigenvalue weighted by molar-refractivity contribution is 0.102. The molecule has 0 atom stereocenters. The number of anilines is 1. The molecule has 0 aliphatic rings. The predicted molar refractivity (Wildman–Crippen MR) is 68.3 cm³/mol. The molecule has 0 unspecified atom stereocenters. The highest BCUT2D eigenvalue weighted by atomic mass is 16.1. The Labute approximate surface area is 103 Å². The maximum atomic E-state index is 11.9. The molecule has 0 saturated heterocycles. The van der Waals surface area contributed by atoms with Crippen LogP contribution in [0.15, 0.2) is 48.9 Å². The molecule has 3 aromatic rings. The second-order valence-corrected chi connectivity index (χ2v) is 3.86. The summed E-state index contributed by atoms with van der Waals surface area (Å²) >= 11 is 0. The van der Waals surface area contributed by atoms with Crippen molar-refractivity contribution in [3.63, 3.8) is 0 Å². The van der Waals surface area contributed by atoms with Crippen LogP contribution in [0.2, 0.25) is 0 Å². The second kappa shape index (κ2) is 4.29. The van der Waals surface area contributed by atoms with Crippen LogP contribution in [0.4, 0.5) is 5.69 Å². The van der Waals surface area contributed by atoms with Gasteiger partial charge in [-0.2, -0.15) is 5.10 Å². The van der Waals surface area contributed by atoms with E-state index in [9.17, 15) is 4.79 Å². The van der Waals surface area contributed by atoms with Crippen LogP contribution in [0.25, 0.3) is 10.9 Å². The minimum absolute atomic E-state index is 0.153. The number of carbonyl (C=O) groups is 1. The standard InChI is InChI=1S/C13H10N4O/c18-13(9-3-5-14-6-4-9)16-11-1-2-12-10(7-11)8-15-17-12/h1-8H,(H,15,17)(H,16,18). The van der Waals surface area contributed by atoms with Gasteiger partial charge < -0.3 is 5.32 Å². The Morgan fingerprint density at radius 3 is 2.83 bits per heavy atom. The van der Waals surface area contributed by atoms with E-state index in [2.05, 4.69) is 20.5 Å². The van der Waals surface area contributed by atoms with Gasteiger partial charge in [-0.1, -0.05) is 0 Å². The van der Waals surface area contributed by atoms with Crippen LogP contribution in [0, 0.1) is 0 Å². The molecule has 0 saturated carbocycles. The highest BCUT2D eigenvalue weighted by Gasteiger charge is 2.05. The summed E-state index contributed by atoms with van der Waals surface area (Å²) in [5, 5.41) is 10.6. The second-order valence-electron chi connectivity index (χ2n) is 3.86. The molecular formula is C13H10N4O.